The number of pyridine rings is 1. The molecule has 2 heterocycles. The van der Waals surface area contributed by atoms with Gasteiger partial charge in [-0.15, -0.1) is 0 Å². The minimum atomic E-state index is -0.394. The molecule has 2 rings (SSSR count). The molecule has 1 atom stereocenters. The third kappa shape index (κ3) is 2.46. The fraction of sp³-hybridized carbons (Fsp3) is 0.429. The Bertz CT molecular complexity index is 599. The zero-order chi connectivity index (χ0) is 13.8. The van der Waals surface area contributed by atoms with Crippen molar-refractivity contribution in [2.75, 3.05) is 19.7 Å². The van der Waals surface area contributed by atoms with E-state index in [1.807, 2.05) is 47.5 Å². The largest absolute Gasteiger partial charge is 0.395 e. The number of nitriles is 1. The van der Waals surface area contributed by atoms with Gasteiger partial charge < -0.3 is 9.51 Å². The third-order valence-electron chi connectivity index (χ3n) is 3.29. The van der Waals surface area contributed by atoms with Crippen LogP contribution >= 0.6 is 0 Å². The summed E-state index contributed by atoms with van der Waals surface area (Å²) in [5.41, 5.74) is 2.58. The van der Waals surface area contributed by atoms with Gasteiger partial charge in [0.25, 0.3) is 0 Å². The second-order valence-electron chi connectivity index (χ2n) is 4.40. The molecule has 2 aromatic rings. The molecular formula is C14H18N4O. The monoisotopic (exact) mass is 258 g/mol. The van der Waals surface area contributed by atoms with Crippen molar-refractivity contribution in [3.05, 3.63) is 35.8 Å². The van der Waals surface area contributed by atoms with Gasteiger partial charge in [0.05, 0.1) is 24.1 Å². The summed E-state index contributed by atoms with van der Waals surface area (Å²) in [7, 11) is 0. The molecule has 5 nitrogen and oxygen atoms in total. The first-order valence-electron chi connectivity index (χ1n) is 6.41. The first kappa shape index (κ1) is 13.5. The van der Waals surface area contributed by atoms with E-state index in [1.165, 1.54) is 0 Å². The van der Waals surface area contributed by atoms with E-state index in [4.69, 9.17) is 5.11 Å². The molecule has 0 aromatic carbocycles. The average Bonchev–Trinajstić information content (AvgIpc) is 2.75. The van der Waals surface area contributed by atoms with Crippen LogP contribution in [0.15, 0.2) is 24.4 Å². The Kier molecular flexibility index (Phi) is 4.15. The SMILES string of the molecule is CCN(CCO)C(C#N)c1c(C)nc2ccccn12. The summed E-state index contributed by atoms with van der Waals surface area (Å²) < 4.78 is 1.95. The summed E-state index contributed by atoms with van der Waals surface area (Å²) in [6, 6.07) is 7.71. The number of aliphatic hydroxyl groups excluding tert-OH is 1. The lowest BCUT2D eigenvalue weighted by molar-refractivity contribution is 0.178. The second-order valence-corrected chi connectivity index (χ2v) is 4.40. The third-order valence-corrected chi connectivity index (χ3v) is 3.29. The molecule has 5 heteroatoms. The molecule has 0 radical (unpaired) electrons. The van der Waals surface area contributed by atoms with E-state index in [0.29, 0.717) is 13.1 Å². The number of hydrogen-bond donors (Lipinski definition) is 1. The Morgan fingerprint density at radius 1 is 1.53 bits per heavy atom. The van der Waals surface area contributed by atoms with Gasteiger partial charge in [-0.05, 0) is 25.6 Å². The molecule has 1 unspecified atom stereocenters. The molecule has 0 bridgehead atoms. The van der Waals surface area contributed by atoms with Crippen molar-refractivity contribution in [1.82, 2.24) is 14.3 Å². The summed E-state index contributed by atoms with van der Waals surface area (Å²) >= 11 is 0. The predicted molar refractivity (Wildman–Crippen MR) is 72.6 cm³/mol. The van der Waals surface area contributed by atoms with Crippen LogP contribution in [0.5, 0.6) is 0 Å². The average molecular weight is 258 g/mol. The maximum atomic E-state index is 9.50. The van der Waals surface area contributed by atoms with Gasteiger partial charge in [0, 0.05) is 12.7 Å². The Morgan fingerprint density at radius 2 is 2.32 bits per heavy atom. The van der Waals surface area contributed by atoms with Crippen molar-refractivity contribution >= 4 is 5.65 Å². The summed E-state index contributed by atoms with van der Waals surface area (Å²) in [6.07, 6.45) is 1.92. The van der Waals surface area contributed by atoms with Gasteiger partial charge in [-0.2, -0.15) is 5.26 Å². The Morgan fingerprint density at radius 3 is 2.95 bits per heavy atom. The highest BCUT2D eigenvalue weighted by Crippen LogP contribution is 2.24. The molecule has 1 N–H and O–H groups in total. The Balaban J connectivity index is 2.52. The molecule has 0 aliphatic carbocycles. The van der Waals surface area contributed by atoms with Gasteiger partial charge in [-0.25, -0.2) is 4.98 Å². The quantitative estimate of drug-likeness (QED) is 0.883. The van der Waals surface area contributed by atoms with Gasteiger partial charge in [0.1, 0.15) is 11.7 Å². The van der Waals surface area contributed by atoms with Crippen LogP contribution < -0.4 is 0 Å². The molecule has 0 amide bonds. The minimum absolute atomic E-state index is 0.0435. The molecule has 100 valence electrons. The first-order valence-corrected chi connectivity index (χ1v) is 6.41. The van der Waals surface area contributed by atoms with Crippen LogP contribution in [0.25, 0.3) is 5.65 Å². The van der Waals surface area contributed by atoms with Crippen molar-refractivity contribution in [2.45, 2.75) is 19.9 Å². The standard InChI is InChI=1S/C14H18N4O/c1-3-17(8-9-19)12(10-15)14-11(2)16-13-6-4-5-7-18(13)14/h4-7,12,19H,3,8-9H2,1-2H3. The van der Waals surface area contributed by atoms with E-state index in [9.17, 15) is 5.26 Å². The second kappa shape index (κ2) is 5.83. The number of fused-ring (bicyclic) bond motifs is 1. The number of aryl methyl sites for hydroxylation is 1. The number of aliphatic hydroxyl groups is 1. The molecule has 2 aromatic heterocycles. The number of hydrogen-bond acceptors (Lipinski definition) is 4. The number of imidazole rings is 1. The molecule has 0 saturated carbocycles. The summed E-state index contributed by atoms with van der Waals surface area (Å²) in [4.78, 5) is 6.43. The maximum absolute atomic E-state index is 9.50. The van der Waals surface area contributed by atoms with Crippen LogP contribution in [0, 0.1) is 18.3 Å². The zero-order valence-corrected chi connectivity index (χ0v) is 11.2. The van der Waals surface area contributed by atoms with E-state index >= 15 is 0 Å². The smallest absolute Gasteiger partial charge is 0.141 e. The van der Waals surface area contributed by atoms with E-state index in [2.05, 4.69) is 11.1 Å². The van der Waals surface area contributed by atoms with E-state index < -0.39 is 6.04 Å². The molecule has 0 fully saturated rings. The van der Waals surface area contributed by atoms with Crippen LogP contribution in [0.3, 0.4) is 0 Å². The van der Waals surface area contributed by atoms with Gasteiger partial charge in [0.15, 0.2) is 0 Å². The first-order chi connectivity index (χ1) is 9.22. The highest BCUT2D eigenvalue weighted by molar-refractivity contribution is 5.44. The van der Waals surface area contributed by atoms with Crippen LogP contribution in [0.2, 0.25) is 0 Å². The molecule has 19 heavy (non-hydrogen) atoms. The topological polar surface area (TPSA) is 64.6 Å². The molecule has 0 aliphatic heterocycles. The summed E-state index contributed by atoms with van der Waals surface area (Å²) in [5.74, 6) is 0. The van der Waals surface area contributed by atoms with Crippen molar-refractivity contribution in [3.63, 3.8) is 0 Å². The lowest BCUT2D eigenvalue weighted by Gasteiger charge is -2.25. The van der Waals surface area contributed by atoms with Crippen molar-refractivity contribution < 1.29 is 5.11 Å². The van der Waals surface area contributed by atoms with Crippen molar-refractivity contribution in [3.8, 4) is 6.07 Å². The number of nitrogens with zero attached hydrogens (tertiary/aromatic N) is 4. The number of aromatic nitrogens is 2. The molecule has 0 spiro atoms. The van der Waals surface area contributed by atoms with Gasteiger partial charge in [-0.3, -0.25) is 4.90 Å². The molecule has 0 aliphatic rings. The van der Waals surface area contributed by atoms with E-state index in [-0.39, 0.29) is 6.61 Å². The van der Waals surface area contributed by atoms with Gasteiger partial charge in [-0.1, -0.05) is 13.0 Å². The van der Waals surface area contributed by atoms with Crippen LogP contribution in [0.1, 0.15) is 24.4 Å². The van der Waals surface area contributed by atoms with E-state index in [1.54, 1.807) is 0 Å². The molecule has 0 saturated heterocycles. The molecular weight excluding hydrogens is 240 g/mol. The summed E-state index contributed by atoms with van der Waals surface area (Å²) in [6.45, 7) is 5.13. The van der Waals surface area contributed by atoms with Crippen molar-refractivity contribution in [2.24, 2.45) is 0 Å². The fourth-order valence-corrected chi connectivity index (χ4v) is 2.38. The normalized spacial score (nSPS) is 12.8. The van der Waals surface area contributed by atoms with Gasteiger partial charge >= 0.3 is 0 Å². The Labute approximate surface area is 112 Å². The van der Waals surface area contributed by atoms with Crippen LogP contribution in [-0.2, 0) is 0 Å². The lowest BCUT2D eigenvalue weighted by Crippen LogP contribution is -2.31. The van der Waals surface area contributed by atoms with Gasteiger partial charge in [0.2, 0.25) is 0 Å². The Hall–Kier alpha value is -1.90. The van der Waals surface area contributed by atoms with E-state index in [0.717, 1.165) is 17.0 Å². The minimum Gasteiger partial charge on any atom is -0.395 e. The lowest BCUT2D eigenvalue weighted by atomic mass is 10.1. The number of rotatable bonds is 5. The highest BCUT2D eigenvalue weighted by atomic mass is 16.3. The van der Waals surface area contributed by atoms with Crippen LogP contribution in [0.4, 0.5) is 0 Å². The van der Waals surface area contributed by atoms with Crippen molar-refractivity contribution in [1.29, 1.82) is 5.26 Å². The number of likely N-dealkylation sites (N-methyl/N-ethyl adjacent to an activating group) is 1. The zero-order valence-electron chi connectivity index (χ0n) is 11.2. The predicted octanol–water partition coefficient (Wildman–Crippen LogP) is 1.52. The fourth-order valence-electron chi connectivity index (χ4n) is 2.38. The highest BCUT2D eigenvalue weighted by Gasteiger charge is 2.24. The summed E-state index contributed by atoms with van der Waals surface area (Å²) in [5, 5.41) is 18.6. The van der Waals surface area contributed by atoms with Crippen LogP contribution in [-0.4, -0.2) is 39.1 Å². The maximum Gasteiger partial charge on any atom is 0.141 e.